The summed E-state index contributed by atoms with van der Waals surface area (Å²) >= 11 is 0. The van der Waals surface area contributed by atoms with E-state index < -0.39 is 6.09 Å². The minimum absolute atomic E-state index is 0.0401. The average molecular weight is 367 g/mol. The third kappa shape index (κ3) is 3.95. The third-order valence-electron chi connectivity index (χ3n) is 4.99. The van der Waals surface area contributed by atoms with Gasteiger partial charge < -0.3 is 20.6 Å². The van der Waals surface area contributed by atoms with Crippen molar-refractivity contribution in [1.82, 2.24) is 10.6 Å². The lowest BCUT2D eigenvalue weighted by Gasteiger charge is -2.39. The molecule has 2 atom stereocenters. The van der Waals surface area contributed by atoms with E-state index in [1.807, 2.05) is 32.2 Å². The summed E-state index contributed by atoms with van der Waals surface area (Å²) in [5, 5.41) is 15.0. The number of nitrogens with one attached hydrogen (secondary N) is 2. The van der Waals surface area contributed by atoms with Gasteiger partial charge in [-0.2, -0.15) is 0 Å². The van der Waals surface area contributed by atoms with E-state index in [0.29, 0.717) is 6.42 Å². The lowest BCUT2D eigenvalue weighted by Crippen LogP contribution is -2.45. The van der Waals surface area contributed by atoms with Gasteiger partial charge in [0.15, 0.2) is 0 Å². The quantitative estimate of drug-likeness (QED) is 0.772. The number of hydrogen-bond acceptors (Lipinski definition) is 3. The first kappa shape index (κ1) is 18.9. The summed E-state index contributed by atoms with van der Waals surface area (Å²) in [7, 11) is 1.91. The summed E-state index contributed by atoms with van der Waals surface area (Å²) < 4.78 is 0. The number of benzene rings is 2. The smallest absolute Gasteiger partial charge is 0.405 e. The van der Waals surface area contributed by atoms with Crippen molar-refractivity contribution >= 4 is 17.7 Å². The number of hydrogen-bond donors (Lipinski definition) is 3. The molecule has 0 aliphatic carbocycles. The van der Waals surface area contributed by atoms with E-state index in [4.69, 9.17) is 0 Å². The van der Waals surface area contributed by atoms with Crippen molar-refractivity contribution in [3.8, 4) is 11.1 Å². The van der Waals surface area contributed by atoms with E-state index in [2.05, 4.69) is 34.9 Å². The lowest BCUT2D eigenvalue weighted by atomic mass is 9.89. The zero-order valence-electron chi connectivity index (χ0n) is 15.8. The molecular weight excluding hydrogens is 342 g/mol. The Morgan fingerprint density at radius 3 is 2.41 bits per heavy atom. The van der Waals surface area contributed by atoms with Gasteiger partial charge in [0.25, 0.3) is 0 Å². The van der Waals surface area contributed by atoms with E-state index in [-0.39, 0.29) is 18.0 Å². The van der Waals surface area contributed by atoms with E-state index in [0.717, 1.165) is 28.9 Å². The minimum Gasteiger partial charge on any atom is -0.465 e. The SMILES string of the molecule is CNCc1ccc(-c2ccc3c(c2)[C@@H](NC(=O)O)C[C@@H](C)N3C(C)=O)cc1. The molecule has 0 radical (unpaired) electrons. The van der Waals surface area contributed by atoms with Crippen LogP contribution in [0.3, 0.4) is 0 Å². The second-order valence-corrected chi connectivity index (χ2v) is 6.98. The van der Waals surface area contributed by atoms with Crippen LogP contribution >= 0.6 is 0 Å². The molecule has 1 aliphatic rings. The van der Waals surface area contributed by atoms with E-state index in [1.54, 1.807) is 11.8 Å². The van der Waals surface area contributed by atoms with E-state index >= 15 is 0 Å². The predicted octanol–water partition coefficient (Wildman–Crippen LogP) is 3.53. The van der Waals surface area contributed by atoms with Crippen LogP contribution < -0.4 is 15.5 Å². The van der Waals surface area contributed by atoms with Crippen LogP contribution in [-0.4, -0.2) is 30.2 Å². The number of rotatable bonds is 4. The normalized spacial score (nSPS) is 18.7. The minimum atomic E-state index is -1.06. The van der Waals surface area contributed by atoms with E-state index in [9.17, 15) is 14.7 Å². The van der Waals surface area contributed by atoms with Gasteiger partial charge in [0.1, 0.15) is 0 Å². The molecule has 6 nitrogen and oxygen atoms in total. The molecule has 27 heavy (non-hydrogen) atoms. The van der Waals surface area contributed by atoms with Crippen molar-refractivity contribution < 1.29 is 14.7 Å². The van der Waals surface area contributed by atoms with Crippen LogP contribution in [0.5, 0.6) is 0 Å². The molecule has 3 N–H and O–H groups in total. The number of nitrogens with zero attached hydrogens (tertiary/aromatic N) is 1. The summed E-state index contributed by atoms with van der Waals surface area (Å²) in [5.74, 6) is -0.0401. The molecule has 1 aliphatic heterocycles. The van der Waals surface area contributed by atoms with Crippen molar-refractivity contribution in [2.45, 2.75) is 38.9 Å². The Kier molecular flexibility index (Phi) is 5.46. The molecular formula is C21H25N3O3. The Bertz CT molecular complexity index is 848. The number of amides is 2. The molecule has 0 fully saturated rings. The van der Waals surface area contributed by atoms with Crippen molar-refractivity contribution in [3.05, 3.63) is 53.6 Å². The van der Waals surface area contributed by atoms with Crippen molar-refractivity contribution in [3.63, 3.8) is 0 Å². The standard InChI is InChI=1S/C21H25N3O3/c1-13-10-19(23-21(26)27)18-11-17(8-9-20(18)24(13)14(2)25)16-6-4-15(5-7-16)12-22-3/h4-9,11,13,19,22-23H,10,12H2,1-3H3,(H,26,27)/t13-,19+/m1/s1. The lowest BCUT2D eigenvalue weighted by molar-refractivity contribution is -0.117. The highest BCUT2D eigenvalue weighted by Crippen LogP contribution is 2.39. The third-order valence-corrected chi connectivity index (χ3v) is 4.99. The summed E-state index contributed by atoms with van der Waals surface area (Å²) in [6.45, 7) is 4.29. The van der Waals surface area contributed by atoms with Crippen LogP contribution in [0.15, 0.2) is 42.5 Å². The number of carbonyl (C=O) groups excluding carboxylic acids is 1. The van der Waals surface area contributed by atoms with Crippen LogP contribution in [0.1, 0.15) is 37.4 Å². The average Bonchev–Trinajstić information content (AvgIpc) is 2.61. The molecule has 0 unspecified atom stereocenters. The molecule has 0 aromatic heterocycles. The molecule has 0 bridgehead atoms. The van der Waals surface area contributed by atoms with Gasteiger partial charge in [-0.25, -0.2) is 4.79 Å². The summed E-state index contributed by atoms with van der Waals surface area (Å²) in [6, 6.07) is 13.7. The Morgan fingerprint density at radius 2 is 1.81 bits per heavy atom. The molecule has 6 heteroatoms. The largest absolute Gasteiger partial charge is 0.465 e. The maximum Gasteiger partial charge on any atom is 0.405 e. The van der Waals surface area contributed by atoms with Gasteiger partial charge in [0, 0.05) is 25.2 Å². The van der Waals surface area contributed by atoms with Crippen molar-refractivity contribution in [1.29, 1.82) is 0 Å². The van der Waals surface area contributed by atoms with Gasteiger partial charge in [-0.15, -0.1) is 0 Å². The molecule has 2 aromatic rings. The maximum absolute atomic E-state index is 12.1. The highest BCUT2D eigenvalue weighted by Gasteiger charge is 2.33. The first-order chi connectivity index (χ1) is 12.9. The fourth-order valence-electron chi connectivity index (χ4n) is 3.83. The number of carbonyl (C=O) groups is 2. The van der Waals surface area contributed by atoms with Crippen molar-refractivity contribution in [2.75, 3.05) is 11.9 Å². The number of carboxylic acid groups (broad SMARTS) is 1. The Labute approximate surface area is 159 Å². The fourth-order valence-corrected chi connectivity index (χ4v) is 3.83. The summed E-state index contributed by atoms with van der Waals surface area (Å²) in [4.78, 5) is 25.1. The van der Waals surface area contributed by atoms with Crippen LogP contribution in [0, 0.1) is 0 Å². The highest BCUT2D eigenvalue weighted by molar-refractivity contribution is 5.94. The zero-order valence-corrected chi connectivity index (χ0v) is 15.8. The van der Waals surface area contributed by atoms with Gasteiger partial charge in [0.05, 0.1) is 6.04 Å². The van der Waals surface area contributed by atoms with Gasteiger partial charge in [-0.1, -0.05) is 30.3 Å². The van der Waals surface area contributed by atoms with Gasteiger partial charge >= 0.3 is 6.09 Å². The molecule has 0 saturated carbocycles. The Hall–Kier alpha value is -2.86. The maximum atomic E-state index is 12.1. The molecule has 2 amide bonds. The second-order valence-electron chi connectivity index (χ2n) is 6.98. The van der Waals surface area contributed by atoms with Crippen LogP contribution in [0.2, 0.25) is 0 Å². The summed E-state index contributed by atoms with van der Waals surface area (Å²) in [6.07, 6.45) is -0.514. The molecule has 0 saturated heterocycles. The molecule has 0 spiro atoms. The molecule has 1 heterocycles. The van der Waals surface area contributed by atoms with Gasteiger partial charge in [-0.3, -0.25) is 4.79 Å². The first-order valence-corrected chi connectivity index (χ1v) is 9.07. The monoisotopic (exact) mass is 367 g/mol. The van der Waals surface area contributed by atoms with Gasteiger partial charge in [0.2, 0.25) is 5.91 Å². The van der Waals surface area contributed by atoms with Crippen LogP contribution in [0.25, 0.3) is 11.1 Å². The number of fused-ring (bicyclic) bond motifs is 1. The van der Waals surface area contributed by atoms with E-state index in [1.165, 1.54) is 5.56 Å². The van der Waals surface area contributed by atoms with Crippen LogP contribution in [0.4, 0.5) is 10.5 Å². The molecule has 3 rings (SSSR count). The van der Waals surface area contributed by atoms with Crippen LogP contribution in [-0.2, 0) is 11.3 Å². The zero-order chi connectivity index (χ0) is 19.6. The second kappa shape index (κ2) is 7.80. The highest BCUT2D eigenvalue weighted by atomic mass is 16.4. The van der Waals surface area contributed by atoms with Gasteiger partial charge in [-0.05, 0) is 54.8 Å². The predicted molar refractivity (Wildman–Crippen MR) is 106 cm³/mol. The van der Waals surface area contributed by atoms with Crippen molar-refractivity contribution in [2.24, 2.45) is 0 Å². The Balaban J connectivity index is 2.03. The first-order valence-electron chi connectivity index (χ1n) is 9.07. The Morgan fingerprint density at radius 1 is 1.15 bits per heavy atom. The summed E-state index contributed by atoms with van der Waals surface area (Å²) in [5.41, 5.74) is 4.86. The topological polar surface area (TPSA) is 81.7 Å². The number of anilines is 1. The molecule has 142 valence electrons. The molecule has 2 aromatic carbocycles. The fraction of sp³-hybridized carbons (Fsp3) is 0.333.